The van der Waals surface area contributed by atoms with E-state index in [9.17, 15) is 13.2 Å². The molecule has 0 aliphatic rings. The van der Waals surface area contributed by atoms with Crippen LogP contribution in [0.1, 0.15) is 69.8 Å². The number of rotatable bonds is 6. The minimum absolute atomic E-state index is 0.104. The Labute approximate surface area is 152 Å². The molecular formula is C19H31NO4S. The predicted octanol–water partition coefficient (Wildman–Crippen LogP) is 3.87. The zero-order chi connectivity index (χ0) is 19.5. The summed E-state index contributed by atoms with van der Waals surface area (Å²) in [6, 6.07) is 7.47. The summed E-state index contributed by atoms with van der Waals surface area (Å²) in [7, 11) is -4.07. The quantitative estimate of drug-likeness (QED) is 0.746. The summed E-state index contributed by atoms with van der Waals surface area (Å²) in [6.07, 6.45) is 1.04. The van der Waals surface area contributed by atoms with Crippen LogP contribution in [0.25, 0.3) is 0 Å². The maximum atomic E-state index is 12.0. The lowest BCUT2D eigenvalue weighted by atomic mass is 9.69. The molecule has 0 aliphatic carbocycles. The molecular weight excluding hydrogens is 338 g/mol. The van der Waals surface area contributed by atoms with Gasteiger partial charge >= 0.3 is 0 Å². The van der Waals surface area contributed by atoms with Crippen LogP contribution in [0, 0.1) is 10.8 Å². The van der Waals surface area contributed by atoms with Gasteiger partial charge in [0.2, 0.25) is 0 Å². The monoisotopic (exact) mass is 369 g/mol. The number of hydrogen-bond donors (Lipinski definition) is 2. The highest BCUT2D eigenvalue weighted by Gasteiger charge is 2.30. The fourth-order valence-corrected chi connectivity index (χ4v) is 3.16. The minimum atomic E-state index is -4.07. The van der Waals surface area contributed by atoms with E-state index in [0.717, 1.165) is 6.42 Å². The van der Waals surface area contributed by atoms with Gasteiger partial charge in [0, 0.05) is 12.1 Å². The Morgan fingerprint density at radius 3 is 2.00 bits per heavy atom. The number of benzene rings is 1. The lowest BCUT2D eigenvalue weighted by Gasteiger charge is -2.36. The van der Waals surface area contributed by atoms with E-state index >= 15 is 0 Å². The van der Waals surface area contributed by atoms with Crippen LogP contribution in [0.4, 0.5) is 0 Å². The summed E-state index contributed by atoms with van der Waals surface area (Å²) in [5.41, 5.74) is 1.97. The van der Waals surface area contributed by atoms with Gasteiger partial charge in [-0.15, -0.1) is 0 Å². The van der Waals surface area contributed by atoms with Crippen LogP contribution >= 0.6 is 0 Å². The van der Waals surface area contributed by atoms with Gasteiger partial charge in [0.1, 0.15) is 0 Å². The van der Waals surface area contributed by atoms with Gasteiger partial charge in [-0.1, -0.05) is 53.7 Å². The number of carbonyl (C=O) groups is 1. The largest absolute Gasteiger partial charge is 0.351 e. The van der Waals surface area contributed by atoms with Crippen molar-refractivity contribution in [3.05, 3.63) is 35.4 Å². The Bertz CT molecular complexity index is 680. The third-order valence-electron chi connectivity index (χ3n) is 4.08. The van der Waals surface area contributed by atoms with Crippen LogP contribution in [-0.4, -0.2) is 31.2 Å². The summed E-state index contributed by atoms with van der Waals surface area (Å²) < 4.78 is 30.1. The second kappa shape index (κ2) is 7.87. The molecule has 0 aliphatic heterocycles. The average molecular weight is 370 g/mol. The summed E-state index contributed by atoms with van der Waals surface area (Å²) >= 11 is 0. The molecule has 5 nitrogen and oxygen atoms in total. The topological polar surface area (TPSA) is 83.5 Å². The van der Waals surface area contributed by atoms with Crippen molar-refractivity contribution in [2.24, 2.45) is 10.8 Å². The molecule has 6 heteroatoms. The molecule has 1 unspecified atom stereocenters. The molecule has 0 saturated heterocycles. The Balaban J connectivity index is 2.87. The van der Waals surface area contributed by atoms with Gasteiger partial charge in [-0.2, -0.15) is 8.42 Å². The van der Waals surface area contributed by atoms with Crippen LogP contribution in [0.15, 0.2) is 24.3 Å². The zero-order valence-corrected chi connectivity index (χ0v) is 16.9. The molecule has 1 aromatic rings. The molecule has 1 amide bonds. The maximum Gasteiger partial charge on any atom is 0.266 e. The van der Waals surface area contributed by atoms with Crippen molar-refractivity contribution in [2.75, 3.05) is 12.3 Å². The SMILES string of the molecule is CC(C)(C)CC(c1ccc(C(=O)NCCS(=O)(=O)O)cc1)C(C)(C)C. The van der Waals surface area contributed by atoms with Gasteiger partial charge in [-0.05, 0) is 40.9 Å². The van der Waals surface area contributed by atoms with Crippen molar-refractivity contribution in [1.29, 1.82) is 0 Å². The molecule has 0 fully saturated rings. The van der Waals surface area contributed by atoms with Gasteiger partial charge in [-0.3, -0.25) is 9.35 Å². The van der Waals surface area contributed by atoms with E-state index in [4.69, 9.17) is 4.55 Å². The summed E-state index contributed by atoms with van der Waals surface area (Å²) in [5, 5.41) is 2.49. The molecule has 0 saturated carbocycles. The van der Waals surface area contributed by atoms with Gasteiger partial charge in [-0.25, -0.2) is 0 Å². The normalized spacial score (nSPS) is 14.2. The van der Waals surface area contributed by atoms with E-state index < -0.39 is 15.9 Å². The molecule has 0 bridgehead atoms. The van der Waals surface area contributed by atoms with E-state index in [1.165, 1.54) is 5.56 Å². The molecule has 0 radical (unpaired) electrons. The lowest BCUT2D eigenvalue weighted by molar-refractivity contribution is 0.0956. The maximum absolute atomic E-state index is 12.0. The molecule has 0 spiro atoms. The first kappa shape index (κ1) is 21.6. The van der Waals surface area contributed by atoms with E-state index in [1.54, 1.807) is 12.1 Å². The van der Waals surface area contributed by atoms with E-state index in [1.807, 2.05) is 12.1 Å². The van der Waals surface area contributed by atoms with E-state index in [0.29, 0.717) is 11.5 Å². The molecule has 2 N–H and O–H groups in total. The highest BCUT2D eigenvalue weighted by atomic mass is 32.2. The van der Waals surface area contributed by atoms with Crippen molar-refractivity contribution in [2.45, 2.75) is 53.9 Å². The zero-order valence-electron chi connectivity index (χ0n) is 16.1. The van der Waals surface area contributed by atoms with E-state index in [-0.39, 0.29) is 23.3 Å². The van der Waals surface area contributed by atoms with Crippen LogP contribution in [-0.2, 0) is 10.1 Å². The first-order chi connectivity index (χ1) is 11.2. The summed E-state index contributed by atoms with van der Waals surface area (Å²) in [4.78, 5) is 12.0. The van der Waals surface area contributed by atoms with Crippen molar-refractivity contribution in [3.63, 3.8) is 0 Å². The lowest BCUT2D eigenvalue weighted by Crippen LogP contribution is -2.29. The molecule has 1 aromatic carbocycles. The highest BCUT2D eigenvalue weighted by molar-refractivity contribution is 7.85. The molecule has 0 aromatic heterocycles. The average Bonchev–Trinajstić information content (AvgIpc) is 2.41. The molecule has 0 heterocycles. The van der Waals surface area contributed by atoms with Gasteiger partial charge in [0.15, 0.2) is 0 Å². The Hall–Kier alpha value is -1.40. The van der Waals surface area contributed by atoms with Gasteiger partial charge in [0.25, 0.3) is 16.0 Å². The third kappa shape index (κ3) is 8.01. The van der Waals surface area contributed by atoms with Crippen molar-refractivity contribution < 1.29 is 17.8 Å². The van der Waals surface area contributed by atoms with Crippen molar-refractivity contribution in [1.82, 2.24) is 5.32 Å². The van der Waals surface area contributed by atoms with Crippen LogP contribution in [0.5, 0.6) is 0 Å². The van der Waals surface area contributed by atoms with Crippen LogP contribution < -0.4 is 5.32 Å². The molecule has 1 rings (SSSR count). The first-order valence-electron chi connectivity index (χ1n) is 8.52. The van der Waals surface area contributed by atoms with E-state index in [2.05, 4.69) is 46.9 Å². The van der Waals surface area contributed by atoms with Crippen LogP contribution in [0.3, 0.4) is 0 Å². The predicted molar refractivity (Wildman–Crippen MR) is 101 cm³/mol. The Morgan fingerprint density at radius 1 is 1.08 bits per heavy atom. The molecule has 142 valence electrons. The molecule has 1 atom stereocenters. The highest BCUT2D eigenvalue weighted by Crippen LogP contribution is 2.42. The third-order valence-corrected chi connectivity index (χ3v) is 4.80. The Kier molecular flexibility index (Phi) is 6.81. The second-order valence-corrected chi connectivity index (χ2v) is 10.4. The number of carbonyl (C=O) groups excluding carboxylic acids is 1. The first-order valence-corrected chi connectivity index (χ1v) is 10.1. The van der Waals surface area contributed by atoms with Crippen molar-refractivity contribution in [3.8, 4) is 0 Å². The smallest absolute Gasteiger partial charge is 0.266 e. The molecule has 25 heavy (non-hydrogen) atoms. The second-order valence-electron chi connectivity index (χ2n) is 8.85. The van der Waals surface area contributed by atoms with Crippen molar-refractivity contribution >= 4 is 16.0 Å². The number of nitrogens with one attached hydrogen (secondary N) is 1. The summed E-state index contributed by atoms with van der Waals surface area (Å²) in [5.74, 6) is -0.475. The minimum Gasteiger partial charge on any atom is -0.351 e. The van der Waals surface area contributed by atoms with Crippen LogP contribution in [0.2, 0.25) is 0 Å². The number of amides is 1. The van der Waals surface area contributed by atoms with Gasteiger partial charge in [0.05, 0.1) is 5.75 Å². The Morgan fingerprint density at radius 2 is 1.60 bits per heavy atom. The fourth-order valence-electron chi connectivity index (χ4n) is 2.80. The van der Waals surface area contributed by atoms with Gasteiger partial charge < -0.3 is 5.32 Å². The number of hydrogen-bond acceptors (Lipinski definition) is 3. The summed E-state index contributed by atoms with van der Waals surface area (Å²) in [6.45, 7) is 13.2. The standard InChI is InChI=1S/C19H31NO4S/c1-18(2,3)13-16(19(4,5)6)14-7-9-15(10-8-14)17(21)20-11-12-25(22,23)24/h7-10,16H,11-13H2,1-6H3,(H,20,21)(H,22,23,24). The fraction of sp³-hybridized carbons (Fsp3) is 0.632.